The van der Waals surface area contributed by atoms with Crippen LogP contribution in [0.4, 0.5) is 0 Å². The van der Waals surface area contributed by atoms with Crippen LogP contribution >= 0.6 is 0 Å². The number of aromatic nitrogens is 1. The second kappa shape index (κ2) is 8.34. The average Bonchev–Trinajstić information content (AvgIpc) is 2.64. The highest BCUT2D eigenvalue weighted by Gasteiger charge is 2.15. The van der Waals surface area contributed by atoms with Gasteiger partial charge in [-0.25, -0.2) is 0 Å². The molecule has 2 aromatic rings. The molecule has 1 amide bonds. The number of methoxy groups -OCH3 is 3. The minimum Gasteiger partial charge on any atom is -0.493 e. The van der Waals surface area contributed by atoms with Crippen LogP contribution in [0.5, 0.6) is 17.2 Å². The molecule has 25 heavy (non-hydrogen) atoms. The molecule has 0 aliphatic rings. The highest BCUT2D eigenvalue weighted by Crippen LogP contribution is 2.40. The zero-order valence-electron chi connectivity index (χ0n) is 14.8. The van der Waals surface area contributed by atoms with Gasteiger partial charge in [-0.15, -0.1) is 0 Å². The van der Waals surface area contributed by atoms with Crippen LogP contribution < -0.4 is 25.3 Å². The third-order valence-electron chi connectivity index (χ3n) is 3.82. The van der Waals surface area contributed by atoms with E-state index in [0.29, 0.717) is 23.8 Å². The number of carbonyl (C=O) groups is 1. The van der Waals surface area contributed by atoms with Crippen LogP contribution in [0.3, 0.4) is 0 Å². The molecule has 7 nitrogen and oxygen atoms in total. The number of rotatable bonds is 8. The van der Waals surface area contributed by atoms with Crippen LogP contribution in [0.1, 0.15) is 12.5 Å². The number of primary amides is 1. The van der Waals surface area contributed by atoms with E-state index < -0.39 is 6.04 Å². The fourth-order valence-corrected chi connectivity index (χ4v) is 2.34. The van der Waals surface area contributed by atoms with E-state index in [1.54, 1.807) is 34.4 Å². The largest absolute Gasteiger partial charge is 0.493 e. The lowest BCUT2D eigenvalue weighted by atomic mass is 10.1. The Labute approximate surface area is 147 Å². The minimum absolute atomic E-state index is 0.390. The van der Waals surface area contributed by atoms with Gasteiger partial charge in [0.2, 0.25) is 11.7 Å². The Morgan fingerprint density at radius 2 is 1.80 bits per heavy atom. The quantitative estimate of drug-likeness (QED) is 0.756. The van der Waals surface area contributed by atoms with Crippen LogP contribution in [-0.2, 0) is 11.3 Å². The van der Waals surface area contributed by atoms with E-state index in [1.165, 1.54) is 0 Å². The number of hydrogen-bond acceptors (Lipinski definition) is 6. The molecule has 0 saturated heterocycles. The number of hydrogen-bond donors (Lipinski definition) is 2. The minimum atomic E-state index is -0.405. The van der Waals surface area contributed by atoms with Crippen molar-refractivity contribution in [2.75, 3.05) is 21.3 Å². The van der Waals surface area contributed by atoms with Gasteiger partial charge in [-0.2, -0.15) is 0 Å². The summed E-state index contributed by atoms with van der Waals surface area (Å²) >= 11 is 0. The fraction of sp³-hybridized carbons (Fsp3) is 0.333. The Morgan fingerprint density at radius 3 is 2.32 bits per heavy atom. The summed E-state index contributed by atoms with van der Waals surface area (Å²) in [5, 5.41) is 3.07. The van der Waals surface area contributed by atoms with Crippen LogP contribution in [0.25, 0.3) is 11.3 Å². The lowest BCUT2D eigenvalue weighted by molar-refractivity contribution is -0.119. The van der Waals surface area contributed by atoms with E-state index in [1.807, 2.05) is 24.3 Å². The summed E-state index contributed by atoms with van der Waals surface area (Å²) in [6, 6.07) is 7.08. The van der Waals surface area contributed by atoms with Crippen molar-refractivity contribution in [1.82, 2.24) is 10.3 Å². The van der Waals surface area contributed by atoms with Crippen molar-refractivity contribution in [3.8, 4) is 28.5 Å². The third kappa shape index (κ3) is 4.39. The number of ether oxygens (including phenoxy) is 3. The zero-order valence-corrected chi connectivity index (χ0v) is 14.8. The molecular formula is C18H23N3O4. The predicted octanol–water partition coefficient (Wildman–Crippen LogP) is 1.74. The smallest absolute Gasteiger partial charge is 0.234 e. The molecule has 1 aromatic carbocycles. The van der Waals surface area contributed by atoms with Gasteiger partial charge >= 0.3 is 0 Å². The Kier molecular flexibility index (Phi) is 6.19. The number of nitrogens with zero attached hydrogens (tertiary/aromatic N) is 1. The molecule has 2 rings (SSSR count). The van der Waals surface area contributed by atoms with Crippen LogP contribution in [0, 0.1) is 0 Å². The molecule has 0 spiro atoms. The molecule has 0 fully saturated rings. The highest BCUT2D eigenvalue weighted by molar-refractivity contribution is 5.79. The van der Waals surface area contributed by atoms with Crippen molar-refractivity contribution in [2.24, 2.45) is 5.73 Å². The Hall–Kier alpha value is -2.80. The lowest BCUT2D eigenvalue weighted by Gasteiger charge is -2.14. The lowest BCUT2D eigenvalue weighted by Crippen LogP contribution is -2.38. The summed E-state index contributed by atoms with van der Waals surface area (Å²) < 4.78 is 16.1. The molecule has 1 heterocycles. The molecule has 1 aromatic heterocycles. The van der Waals surface area contributed by atoms with Crippen molar-refractivity contribution in [1.29, 1.82) is 0 Å². The van der Waals surface area contributed by atoms with Crippen molar-refractivity contribution in [3.63, 3.8) is 0 Å². The molecule has 134 valence electrons. The van der Waals surface area contributed by atoms with Gasteiger partial charge in [0, 0.05) is 18.3 Å². The van der Waals surface area contributed by atoms with Crippen molar-refractivity contribution >= 4 is 5.91 Å². The number of benzene rings is 1. The maximum atomic E-state index is 11.1. The van der Waals surface area contributed by atoms with Gasteiger partial charge in [0.25, 0.3) is 0 Å². The zero-order chi connectivity index (χ0) is 18.4. The van der Waals surface area contributed by atoms with Gasteiger partial charge < -0.3 is 25.3 Å². The van der Waals surface area contributed by atoms with Gasteiger partial charge in [0.1, 0.15) is 0 Å². The summed E-state index contributed by atoms with van der Waals surface area (Å²) in [5.41, 5.74) is 7.83. The first-order valence-electron chi connectivity index (χ1n) is 7.78. The summed E-state index contributed by atoms with van der Waals surface area (Å²) in [4.78, 5) is 15.5. The number of pyridine rings is 1. The standard InChI is InChI=1S/C18H23N3O4/c1-11(18(19)22)21-10-12-5-6-20-14(7-12)13-8-15(23-2)17(25-4)16(9-13)24-3/h5-9,11,21H,10H2,1-4H3,(H2,19,22)/t11-/m0/s1. The average molecular weight is 345 g/mol. The molecule has 0 aliphatic heterocycles. The molecule has 0 saturated carbocycles. The van der Waals surface area contributed by atoms with Gasteiger partial charge in [0.05, 0.1) is 33.1 Å². The van der Waals surface area contributed by atoms with Gasteiger partial charge in [-0.3, -0.25) is 9.78 Å². The molecule has 0 bridgehead atoms. The number of carbonyl (C=O) groups excluding carboxylic acids is 1. The van der Waals surface area contributed by atoms with Crippen LogP contribution in [0.2, 0.25) is 0 Å². The topological polar surface area (TPSA) is 95.7 Å². The summed E-state index contributed by atoms with van der Waals surface area (Å²) in [7, 11) is 4.70. The molecular weight excluding hydrogens is 322 g/mol. The first-order chi connectivity index (χ1) is 12.0. The number of nitrogens with two attached hydrogens (primary N) is 1. The SMILES string of the molecule is COc1cc(-c2cc(CN[C@@H](C)C(N)=O)ccn2)cc(OC)c1OC. The first-order valence-corrected chi connectivity index (χ1v) is 7.78. The normalized spacial score (nSPS) is 11.7. The Morgan fingerprint density at radius 1 is 1.16 bits per heavy atom. The summed E-state index contributed by atoms with van der Waals surface area (Å²) in [6.07, 6.45) is 1.71. The summed E-state index contributed by atoms with van der Waals surface area (Å²) in [5.74, 6) is 1.26. The van der Waals surface area contributed by atoms with Crippen molar-refractivity contribution in [2.45, 2.75) is 19.5 Å². The van der Waals surface area contributed by atoms with Crippen LogP contribution in [0.15, 0.2) is 30.5 Å². The second-order valence-electron chi connectivity index (χ2n) is 5.47. The van der Waals surface area contributed by atoms with E-state index in [4.69, 9.17) is 19.9 Å². The highest BCUT2D eigenvalue weighted by atomic mass is 16.5. The third-order valence-corrected chi connectivity index (χ3v) is 3.82. The van der Waals surface area contributed by atoms with E-state index >= 15 is 0 Å². The molecule has 0 radical (unpaired) electrons. The summed E-state index contributed by atoms with van der Waals surface area (Å²) in [6.45, 7) is 2.23. The fourth-order valence-electron chi connectivity index (χ4n) is 2.34. The van der Waals surface area contributed by atoms with E-state index in [0.717, 1.165) is 16.8 Å². The molecule has 0 unspecified atom stereocenters. The van der Waals surface area contributed by atoms with Gasteiger partial charge in [-0.05, 0) is 36.8 Å². The number of amides is 1. The van der Waals surface area contributed by atoms with E-state index in [2.05, 4.69) is 10.3 Å². The number of nitrogens with one attached hydrogen (secondary N) is 1. The Bertz CT molecular complexity index is 724. The van der Waals surface area contributed by atoms with Crippen molar-refractivity contribution < 1.29 is 19.0 Å². The predicted molar refractivity (Wildman–Crippen MR) is 94.8 cm³/mol. The molecule has 7 heteroatoms. The van der Waals surface area contributed by atoms with E-state index in [9.17, 15) is 4.79 Å². The van der Waals surface area contributed by atoms with Crippen LogP contribution in [-0.4, -0.2) is 38.3 Å². The first kappa shape index (κ1) is 18.5. The molecule has 1 atom stereocenters. The van der Waals surface area contributed by atoms with Gasteiger partial charge in [-0.1, -0.05) is 0 Å². The van der Waals surface area contributed by atoms with Crippen molar-refractivity contribution in [3.05, 3.63) is 36.0 Å². The molecule has 3 N–H and O–H groups in total. The monoisotopic (exact) mass is 345 g/mol. The van der Waals surface area contributed by atoms with E-state index in [-0.39, 0.29) is 5.91 Å². The molecule has 0 aliphatic carbocycles. The second-order valence-corrected chi connectivity index (χ2v) is 5.47. The maximum absolute atomic E-state index is 11.1. The maximum Gasteiger partial charge on any atom is 0.234 e. The Balaban J connectivity index is 2.32. The van der Waals surface area contributed by atoms with Gasteiger partial charge in [0.15, 0.2) is 11.5 Å².